The van der Waals surface area contributed by atoms with Crippen LogP contribution in [0.25, 0.3) is 0 Å². The van der Waals surface area contributed by atoms with E-state index in [1.54, 1.807) is 23.0 Å². The molecule has 184 valence electrons. The molecule has 2 rings (SSSR count). The van der Waals surface area contributed by atoms with Crippen LogP contribution in [0.15, 0.2) is 89.7 Å². The van der Waals surface area contributed by atoms with Gasteiger partial charge in [-0.1, -0.05) is 111 Å². The lowest BCUT2D eigenvalue weighted by molar-refractivity contribution is 1.08. The van der Waals surface area contributed by atoms with E-state index in [4.69, 9.17) is 0 Å². The smallest absolute Gasteiger partial charge is 0.103 e. The topological polar surface area (TPSA) is 28.0 Å². The van der Waals surface area contributed by atoms with Crippen LogP contribution >= 0.6 is 11.8 Å². The summed E-state index contributed by atoms with van der Waals surface area (Å²) in [5, 5.41) is 7.40. The zero-order valence-electron chi connectivity index (χ0n) is 22.9. The highest BCUT2D eigenvalue weighted by Gasteiger charge is 2.06. The molecular formula is C29H47N3S. The second-order valence-corrected chi connectivity index (χ2v) is 6.28. The van der Waals surface area contributed by atoms with Crippen molar-refractivity contribution in [1.29, 1.82) is 0 Å². The number of para-hydroxylation sites is 1. The third kappa shape index (κ3) is 14.2. The molecule has 0 saturated heterocycles. The standard InChI is InChI=1S/C21H23N3S.4C2H6/c1-6-24(20-10-8-7-9-11-20)23-17(4)18-12-14-19(15-13-18)21(25-5)22-16(2)3;4*1-2/h6-15H,1-2H2,3-5H3;4*1-2H3/b22-21?,23-17+;;;;. The van der Waals surface area contributed by atoms with Gasteiger partial charge in [-0.2, -0.15) is 5.10 Å². The first-order chi connectivity index (χ1) is 16.0. The second kappa shape index (κ2) is 24.1. The molecule has 33 heavy (non-hydrogen) atoms. The number of hydrazone groups is 1. The van der Waals surface area contributed by atoms with Crippen molar-refractivity contribution in [3.8, 4) is 0 Å². The normalized spacial score (nSPS) is 9.79. The number of allylic oxidation sites excluding steroid dienone is 1. The number of benzene rings is 2. The van der Waals surface area contributed by atoms with Crippen LogP contribution in [0.2, 0.25) is 0 Å². The molecule has 0 atom stereocenters. The molecule has 0 aromatic heterocycles. The number of thioether (sulfide) groups is 1. The van der Waals surface area contributed by atoms with Gasteiger partial charge in [0.05, 0.1) is 11.4 Å². The molecule has 0 aliphatic rings. The molecule has 0 spiro atoms. The van der Waals surface area contributed by atoms with Gasteiger partial charge in [-0.3, -0.25) is 0 Å². The summed E-state index contributed by atoms with van der Waals surface area (Å²) in [6, 6.07) is 18.2. The fourth-order valence-corrected chi connectivity index (χ4v) is 2.88. The van der Waals surface area contributed by atoms with Crippen LogP contribution in [-0.4, -0.2) is 17.0 Å². The predicted molar refractivity (Wildman–Crippen MR) is 158 cm³/mol. The van der Waals surface area contributed by atoms with Crippen LogP contribution in [0.4, 0.5) is 5.69 Å². The summed E-state index contributed by atoms with van der Waals surface area (Å²) in [4.78, 5) is 4.47. The fraction of sp³-hybridized carbons (Fsp3) is 0.379. The first kappa shape index (κ1) is 35.0. The molecule has 2 aromatic carbocycles. The van der Waals surface area contributed by atoms with Gasteiger partial charge in [-0.25, -0.2) is 10.0 Å². The van der Waals surface area contributed by atoms with Crippen molar-refractivity contribution < 1.29 is 0 Å². The van der Waals surface area contributed by atoms with E-state index in [1.807, 2.05) is 106 Å². The van der Waals surface area contributed by atoms with E-state index in [9.17, 15) is 0 Å². The zero-order chi connectivity index (χ0) is 26.2. The Labute approximate surface area is 209 Å². The quantitative estimate of drug-likeness (QED) is 0.239. The molecule has 0 aliphatic heterocycles. The monoisotopic (exact) mass is 469 g/mol. The van der Waals surface area contributed by atoms with Gasteiger partial charge in [0.15, 0.2) is 0 Å². The molecule has 3 nitrogen and oxygen atoms in total. The van der Waals surface area contributed by atoms with E-state index in [0.29, 0.717) is 0 Å². The molecule has 2 aromatic rings. The Balaban J connectivity index is -0.00000101. The van der Waals surface area contributed by atoms with Crippen LogP contribution in [0.5, 0.6) is 0 Å². The van der Waals surface area contributed by atoms with Gasteiger partial charge in [-0.15, -0.1) is 11.8 Å². The van der Waals surface area contributed by atoms with Crippen molar-refractivity contribution in [2.24, 2.45) is 10.1 Å². The third-order valence-corrected chi connectivity index (χ3v) is 4.20. The molecule has 0 heterocycles. The van der Waals surface area contributed by atoms with Gasteiger partial charge in [-0.05, 0) is 37.8 Å². The molecule has 0 radical (unpaired) electrons. The molecular weight excluding hydrogens is 422 g/mol. The maximum absolute atomic E-state index is 4.66. The summed E-state index contributed by atoms with van der Waals surface area (Å²) in [5.74, 6) is 0. The molecule has 0 fully saturated rings. The van der Waals surface area contributed by atoms with Crippen molar-refractivity contribution in [2.45, 2.75) is 69.2 Å². The first-order valence-electron chi connectivity index (χ1n) is 12.0. The van der Waals surface area contributed by atoms with Crippen molar-refractivity contribution in [3.63, 3.8) is 0 Å². The average molecular weight is 470 g/mol. The van der Waals surface area contributed by atoms with E-state index in [1.165, 1.54) is 0 Å². The highest BCUT2D eigenvalue weighted by molar-refractivity contribution is 8.13. The van der Waals surface area contributed by atoms with Crippen LogP contribution in [0.3, 0.4) is 0 Å². The molecule has 0 amide bonds. The summed E-state index contributed by atoms with van der Waals surface area (Å²) in [7, 11) is 0. The zero-order valence-corrected chi connectivity index (χ0v) is 23.8. The maximum Gasteiger partial charge on any atom is 0.103 e. The fourth-order valence-electron chi connectivity index (χ4n) is 2.26. The Hall–Kier alpha value is -2.59. The van der Waals surface area contributed by atoms with E-state index in [0.717, 1.165) is 33.3 Å². The summed E-state index contributed by atoms with van der Waals surface area (Å²) >= 11 is 1.61. The van der Waals surface area contributed by atoms with Crippen LogP contribution in [-0.2, 0) is 0 Å². The number of rotatable bonds is 6. The Morgan fingerprint density at radius 1 is 0.788 bits per heavy atom. The largest absolute Gasteiger partial charge is 0.247 e. The number of nitrogens with zero attached hydrogens (tertiary/aromatic N) is 3. The minimum absolute atomic E-state index is 0.802. The lowest BCUT2D eigenvalue weighted by Crippen LogP contribution is -2.11. The second-order valence-electron chi connectivity index (χ2n) is 5.48. The van der Waals surface area contributed by atoms with Gasteiger partial charge in [0.25, 0.3) is 0 Å². The third-order valence-electron chi connectivity index (χ3n) is 3.49. The summed E-state index contributed by atoms with van der Waals surface area (Å²) in [5.41, 5.74) is 4.83. The van der Waals surface area contributed by atoms with Crippen LogP contribution in [0, 0.1) is 0 Å². The van der Waals surface area contributed by atoms with Crippen LogP contribution < -0.4 is 5.01 Å². The van der Waals surface area contributed by atoms with Gasteiger partial charge in [0, 0.05) is 17.5 Å². The van der Waals surface area contributed by atoms with E-state index >= 15 is 0 Å². The highest BCUT2D eigenvalue weighted by Crippen LogP contribution is 2.17. The molecule has 0 aliphatic carbocycles. The van der Waals surface area contributed by atoms with Crippen molar-refractivity contribution in [2.75, 3.05) is 11.3 Å². The minimum Gasteiger partial charge on any atom is -0.247 e. The predicted octanol–water partition coefficient (Wildman–Crippen LogP) is 9.81. The highest BCUT2D eigenvalue weighted by atomic mass is 32.2. The van der Waals surface area contributed by atoms with E-state index < -0.39 is 0 Å². The molecule has 0 bridgehead atoms. The Morgan fingerprint density at radius 2 is 1.24 bits per heavy atom. The number of hydrogen-bond donors (Lipinski definition) is 0. The number of anilines is 1. The maximum atomic E-state index is 4.66. The molecule has 0 saturated carbocycles. The van der Waals surface area contributed by atoms with Crippen molar-refractivity contribution >= 4 is 28.2 Å². The lowest BCUT2D eigenvalue weighted by Gasteiger charge is -2.15. The van der Waals surface area contributed by atoms with E-state index in [2.05, 4.69) is 47.5 Å². The Kier molecular flexibility index (Phi) is 25.5. The van der Waals surface area contributed by atoms with Gasteiger partial charge in [0.1, 0.15) is 5.04 Å². The van der Waals surface area contributed by atoms with E-state index in [-0.39, 0.29) is 0 Å². The number of hydrogen-bond acceptors (Lipinski definition) is 4. The Morgan fingerprint density at radius 3 is 1.64 bits per heavy atom. The lowest BCUT2D eigenvalue weighted by atomic mass is 10.1. The van der Waals surface area contributed by atoms with Gasteiger partial charge < -0.3 is 0 Å². The van der Waals surface area contributed by atoms with Gasteiger partial charge >= 0.3 is 0 Å². The van der Waals surface area contributed by atoms with Crippen molar-refractivity contribution in [3.05, 3.63) is 90.8 Å². The number of aliphatic imine (C=N–C) groups is 1. The first-order valence-corrected chi connectivity index (χ1v) is 13.2. The van der Waals surface area contributed by atoms with Crippen molar-refractivity contribution in [1.82, 2.24) is 0 Å². The molecule has 0 unspecified atom stereocenters. The van der Waals surface area contributed by atoms with Crippen LogP contribution in [0.1, 0.15) is 80.4 Å². The summed E-state index contributed by atoms with van der Waals surface area (Å²) in [6.45, 7) is 27.6. The summed E-state index contributed by atoms with van der Waals surface area (Å²) < 4.78 is 0. The SMILES string of the molecule is C=CN(/N=C(\C)c1ccc(C(=NC(=C)C)SC)cc1)c1ccccc1.CC.CC.CC.CC. The molecule has 4 heteroatoms. The van der Waals surface area contributed by atoms with Gasteiger partial charge in [0.2, 0.25) is 0 Å². The minimum atomic E-state index is 0.802. The molecule has 0 N–H and O–H groups in total. The average Bonchev–Trinajstić information content (AvgIpc) is 2.91. The summed E-state index contributed by atoms with van der Waals surface area (Å²) in [6.07, 6.45) is 3.72. The Bertz CT molecular complexity index is 791.